The summed E-state index contributed by atoms with van der Waals surface area (Å²) in [6, 6.07) is 22.7. The van der Waals surface area contributed by atoms with Gasteiger partial charge < -0.3 is 15.0 Å². The summed E-state index contributed by atoms with van der Waals surface area (Å²) in [6.45, 7) is 2.74. The maximum absolute atomic E-state index is 12.3. The van der Waals surface area contributed by atoms with E-state index in [0.717, 1.165) is 19.5 Å². The topological polar surface area (TPSA) is 42.8 Å². The van der Waals surface area contributed by atoms with Crippen LogP contribution in [0.1, 0.15) is 22.0 Å². The van der Waals surface area contributed by atoms with E-state index in [1.54, 1.807) is 11.3 Å². The number of ether oxygens (including phenoxy) is 1. The van der Waals surface area contributed by atoms with Crippen molar-refractivity contribution in [2.75, 3.05) is 19.7 Å². The second-order valence-corrected chi connectivity index (χ2v) is 8.06. The summed E-state index contributed by atoms with van der Waals surface area (Å²) >= 11 is 1.76. The monoisotopic (exact) mass is 393 g/mol. The summed E-state index contributed by atoms with van der Waals surface area (Å²) < 4.78 is 5.57. The molecule has 1 aliphatic heterocycles. The summed E-state index contributed by atoms with van der Waals surface area (Å²) in [5.74, 6) is 0.632. The van der Waals surface area contributed by atoms with Crippen LogP contribution in [0.5, 0.6) is 5.75 Å². The van der Waals surface area contributed by atoms with E-state index >= 15 is 0 Å². The molecule has 1 unspecified atom stereocenters. The third kappa shape index (κ3) is 4.61. The number of benzene rings is 2. The average molecular weight is 394 g/mol. The highest BCUT2D eigenvalue weighted by molar-refractivity contribution is 7.10. The Kier molecular flexibility index (Phi) is 6.04. The molecule has 2 heterocycles. The number of hydrogen-bond donors (Lipinski definition) is 2. The minimum atomic E-state index is -0.0813. The van der Waals surface area contributed by atoms with Gasteiger partial charge in [-0.1, -0.05) is 48.5 Å². The Labute approximate surface area is 169 Å². The minimum Gasteiger partial charge on any atom is -0.484 e. The highest BCUT2D eigenvalue weighted by Crippen LogP contribution is 2.19. The van der Waals surface area contributed by atoms with E-state index in [1.165, 1.54) is 20.9 Å². The quantitative estimate of drug-likeness (QED) is 0.648. The molecular formula is C23H25N2O2S+. The van der Waals surface area contributed by atoms with Gasteiger partial charge in [-0.2, -0.15) is 0 Å². The highest BCUT2D eigenvalue weighted by atomic mass is 32.1. The van der Waals surface area contributed by atoms with Gasteiger partial charge in [0.25, 0.3) is 5.91 Å². The van der Waals surface area contributed by atoms with Crippen molar-refractivity contribution in [3.8, 4) is 5.75 Å². The molecule has 1 aliphatic rings. The molecule has 0 saturated carbocycles. The SMILES string of the molecule is O=C(COc1ccccc1)NC[C@@H](c1cccs1)[NH+]1CCc2ccccc2C1. The van der Waals surface area contributed by atoms with Crippen LogP contribution in [0.4, 0.5) is 0 Å². The fourth-order valence-electron chi connectivity index (χ4n) is 3.77. The number of thiophene rings is 1. The van der Waals surface area contributed by atoms with Gasteiger partial charge in [-0.3, -0.25) is 4.79 Å². The largest absolute Gasteiger partial charge is 0.484 e. The number of amides is 1. The van der Waals surface area contributed by atoms with E-state index in [4.69, 9.17) is 4.74 Å². The molecule has 3 aromatic rings. The van der Waals surface area contributed by atoms with Crippen molar-refractivity contribution >= 4 is 17.2 Å². The number of hydrogen-bond acceptors (Lipinski definition) is 3. The number of fused-ring (bicyclic) bond motifs is 1. The first-order valence-electron chi connectivity index (χ1n) is 9.69. The van der Waals surface area contributed by atoms with Crippen LogP contribution in [0, 0.1) is 0 Å². The summed E-state index contributed by atoms with van der Waals surface area (Å²) in [6.07, 6.45) is 1.08. The van der Waals surface area contributed by atoms with Crippen LogP contribution in [0.25, 0.3) is 0 Å². The smallest absolute Gasteiger partial charge is 0.258 e. The molecule has 2 atom stereocenters. The van der Waals surface area contributed by atoms with Crippen molar-refractivity contribution in [1.29, 1.82) is 0 Å². The molecule has 0 fully saturated rings. The Morgan fingerprint density at radius 2 is 1.82 bits per heavy atom. The van der Waals surface area contributed by atoms with Crippen LogP contribution in [-0.4, -0.2) is 25.6 Å². The van der Waals surface area contributed by atoms with Crippen LogP contribution < -0.4 is 15.0 Å². The van der Waals surface area contributed by atoms with Gasteiger partial charge in [0.15, 0.2) is 6.61 Å². The van der Waals surface area contributed by atoms with Crippen molar-refractivity contribution in [2.45, 2.75) is 19.0 Å². The number of carbonyl (C=O) groups excluding carboxylic acids is 1. The van der Waals surface area contributed by atoms with E-state index < -0.39 is 0 Å². The van der Waals surface area contributed by atoms with E-state index in [9.17, 15) is 4.79 Å². The average Bonchev–Trinajstić information content (AvgIpc) is 3.27. The lowest BCUT2D eigenvalue weighted by Crippen LogP contribution is -3.12. The summed E-state index contributed by atoms with van der Waals surface area (Å²) in [7, 11) is 0. The van der Waals surface area contributed by atoms with Gasteiger partial charge in [-0.15, -0.1) is 11.3 Å². The second kappa shape index (κ2) is 9.04. The number of nitrogens with one attached hydrogen (secondary N) is 2. The molecule has 28 heavy (non-hydrogen) atoms. The molecule has 2 aromatic carbocycles. The van der Waals surface area contributed by atoms with Crippen molar-refractivity contribution in [3.63, 3.8) is 0 Å². The first kappa shape index (κ1) is 18.7. The van der Waals surface area contributed by atoms with Crippen LogP contribution in [0.2, 0.25) is 0 Å². The summed E-state index contributed by atoms with van der Waals surface area (Å²) in [5, 5.41) is 5.20. The zero-order chi connectivity index (χ0) is 19.2. The third-order valence-corrected chi connectivity index (χ3v) is 6.23. The number of para-hydroxylation sites is 1. The van der Waals surface area contributed by atoms with Gasteiger partial charge >= 0.3 is 0 Å². The molecule has 0 saturated heterocycles. The van der Waals surface area contributed by atoms with Crippen molar-refractivity contribution in [1.82, 2.24) is 5.32 Å². The molecule has 4 rings (SSSR count). The first-order chi connectivity index (χ1) is 13.8. The predicted molar refractivity (Wildman–Crippen MR) is 112 cm³/mol. The van der Waals surface area contributed by atoms with Crippen molar-refractivity contribution < 1.29 is 14.4 Å². The van der Waals surface area contributed by atoms with Crippen LogP contribution in [0.15, 0.2) is 72.1 Å². The first-order valence-corrected chi connectivity index (χ1v) is 10.6. The van der Waals surface area contributed by atoms with E-state index in [1.807, 2.05) is 30.3 Å². The van der Waals surface area contributed by atoms with Crippen LogP contribution >= 0.6 is 11.3 Å². The van der Waals surface area contributed by atoms with E-state index in [-0.39, 0.29) is 18.6 Å². The maximum Gasteiger partial charge on any atom is 0.258 e. The molecule has 0 radical (unpaired) electrons. The van der Waals surface area contributed by atoms with Gasteiger partial charge in [0.1, 0.15) is 18.3 Å². The molecule has 0 spiro atoms. The maximum atomic E-state index is 12.3. The van der Waals surface area contributed by atoms with Gasteiger partial charge in [0, 0.05) is 12.0 Å². The Hall–Kier alpha value is -2.63. The summed E-state index contributed by atoms with van der Waals surface area (Å²) in [4.78, 5) is 15.2. The molecule has 0 aliphatic carbocycles. The van der Waals surface area contributed by atoms with E-state index in [2.05, 4.69) is 47.1 Å². The minimum absolute atomic E-state index is 0.0410. The zero-order valence-electron chi connectivity index (χ0n) is 15.8. The fourth-order valence-corrected chi connectivity index (χ4v) is 4.65. The molecule has 2 N–H and O–H groups in total. The van der Waals surface area contributed by atoms with Crippen LogP contribution in [0.3, 0.4) is 0 Å². The predicted octanol–water partition coefficient (Wildman–Crippen LogP) is 2.63. The summed E-state index contributed by atoms with van der Waals surface area (Å²) in [5.41, 5.74) is 2.88. The Balaban J connectivity index is 1.38. The molecular weight excluding hydrogens is 368 g/mol. The Morgan fingerprint density at radius 3 is 2.61 bits per heavy atom. The normalized spacial score (nSPS) is 16.8. The fraction of sp³-hybridized carbons (Fsp3) is 0.261. The number of carbonyl (C=O) groups is 1. The lowest BCUT2D eigenvalue weighted by atomic mass is 9.98. The number of quaternary nitrogens is 1. The standard InChI is InChI=1S/C23H24N2O2S/c26-23(17-27-20-9-2-1-3-10-20)24-15-21(22-11-6-14-28-22)25-13-12-18-7-4-5-8-19(18)16-25/h1-11,14,21H,12-13,15-17H2,(H,24,26)/p+1/t21-/m0/s1. The molecule has 4 nitrogen and oxygen atoms in total. The lowest BCUT2D eigenvalue weighted by Gasteiger charge is -2.32. The second-order valence-electron chi connectivity index (χ2n) is 7.08. The molecule has 0 bridgehead atoms. The van der Waals surface area contributed by atoms with Gasteiger partial charge in [0.2, 0.25) is 0 Å². The van der Waals surface area contributed by atoms with Crippen molar-refractivity contribution in [3.05, 3.63) is 88.1 Å². The highest BCUT2D eigenvalue weighted by Gasteiger charge is 2.29. The lowest BCUT2D eigenvalue weighted by molar-refractivity contribution is -0.945. The third-order valence-electron chi connectivity index (χ3n) is 5.25. The number of rotatable bonds is 7. The van der Waals surface area contributed by atoms with Gasteiger partial charge in [-0.25, -0.2) is 0 Å². The zero-order valence-corrected chi connectivity index (χ0v) is 16.6. The molecule has 5 heteroatoms. The molecule has 144 valence electrons. The van der Waals surface area contributed by atoms with Gasteiger partial charge in [0.05, 0.1) is 18.0 Å². The van der Waals surface area contributed by atoms with Crippen LogP contribution in [-0.2, 0) is 17.8 Å². The van der Waals surface area contributed by atoms with Crippen molar-refractivity contribution in [2.24, 2.45) is 0 Å². The molecule has 1 amide bonds. The Morgan fingerprint density at radius 1 is 1.04 bits per heavy atom. The Bertz CT molecular complexity index is 896. The molecule has 1 aromatic heterocycles. The van der Waals surface area contributed by atoms with Gasteiger partial charge in [-0.05, 0) is 29.1 Å². The van der Waals surface area contributed by atoms with E-state index in [0.29, 0.717) is 12.3 Å².